The lowest BCUT2D eigenvalue weighted by Crippen LogP contribution is -2.32. The van der Waals surface area contributed by atoms with Crippen molar-refractivity contribution in [2.75, 3.05) is 19.8 Å². The standard InChI is InChI=1S/C14H26N2O2S/c1-4-6-7-18-10-12(17)8-15-11(3)14-16-9-13(5-2)19-14/h9,11-12,15,17H,4-8,10H2,1-3H3. The maximum absolute atomic E-state index is 9.79. The molecule has 0 radical (unpaired) electrons. The highest BCUT2D eigenvalue weighted by Gasteiger charge is 2.12. The number of nitrogens with zero attached hydrogens (tertiary/aromatic N) is 1. The summed E-state index contributed by atoms with van der Waals surface area (Å²) in [6, 6.07) is 0.176. The number of aromatic nitrogens is 1. The van der Waals surface area contributed by atoms with Gasteiger partial charge in [0.2, 0.25) is 0 Å². The SMILES string of the molecule is CCCCOCC(O)CNC(C)c1ncc(CC)s1. The molecule has 1 aromatic heterocycles. The second-order valence-electron chi connectivity index (χ2n) is 4.73. The average Bonchev–Trinajstić information content (AvgIpc) is 2.90. The largest absolute Gasteiger partial charge is 0.389 e. The summed E-state index contributed by atoms with van der Waals surface area (Å²) in [6.07, 6.45) is 4.68. The first-order chi connectivity index (χ1) is 9.17. The number of aliphatic hydroxyl groups excluding tert-OH is 1. The molecule has 0 saturated carbocycles. The van der Waals surface area contributed by atoms with E-state index in [1.54, 1.807) is 11.3 Å². The van der Waals surface area contributed by atoms with Crippen LogP contribution in [0.15, 0.2) is 6.20 Å². The summed E-state index contributed by atoms with van der Waals surface area (Å²) in [6.45, 7) is 8.00. The zero-order valence-electron chi connectivity index (χ0n) is 12.2. The van der Waals surface area contributed by atoms with Crippen LogP contribution < -0.4 is 5.32 Å². The molecule has 4 nitrogen and oxygen atoms in total. The minimum absolute atomic E-state index is 0.176. The fourth-order valence-corrected chi connectivity index (χ4v) is 2.49. The predicted octanol–water partition coefficient (Wildman–Crippen LogP) is 2.53. The first kappa shape index (κ1) is 16.6. The quantitative estimate of drug-likeness (QED) is 0.649. The molecule has 0 saturated heterocycles. The number of aryl methyl sites for hydroxylation is 1. The van der Waals surface area contributed by atoms with Crippen molar-refractivity contribution < 1.29 is 9.84 Å². The van der Waals surface area contributed by atoms with E-state index in [0.717, 1.165) is 30.9 Å². The minimum atomic E-state index is -0.454. The van der Waals surface area contributed by atoms with Gasteiger partial charge in [0.05, 0.1) is 18.8 Å². The third-order valence-electron chi connectivity index (χ3n) is 2.90. The molecule has 0 spiro atoms. The Morgan fingerprint density at radius 1 is 1.47 bits per heavy atom. The highest BCUT2D eigenvalue weighted by Crippen LogP contribution is 2.19. The van der Waals surface area contributed by atoms with E-state index in [1.807, 2.05) is 6.20 Å². The number of ether oxygens (including phenoxy) is 1. The molecule has 19 heavy (non-hydrogen) atoms. The summed E-state index contributed by atoms with van der Waals surface area (Å²) in [5.74, 6) is 0. The van der Waals surface area contributed by atoms with E-state index in [-0.39, 0.29) is 6.04 Å². The Labute approximate surface area is 120 Å². The lowest BCUT2D eigenvalue weighted by atomic mass is 10.3. The van der Waals surface area contributed by atoms with Gasteiger partial charge >= 0.3 is 0 Å². The van der Waals surface area contributed by atoms with Crippen LogP contribution in [0.1, 0.15) is 49.5 Å². The lowest BCUT2D eigenvalue weighted by molar-refractivity contribution is 0.0348. The van der Waals surface area contributed by atoms with Crippen LogP contribution in [0.4, 0.5) is 0 Å². The number of rotatable bonds is 10. The highest BCUT2D eigenvalue weighted by molar-refractivity contribution is 7.11. The molecule has 1 heterocycles. The van der Waals surface area contributed by atoms with E-state index in [1.165, 1.54) is 4.88 Å². The van der Waals surface area contributed by atoms with Gasteiger partial charge in [-0.3, -0.25) is 0 Å². The van der Waals surface area contributed by atoms with Gasteiger partial charge in [-0.2, -0.15) is 0 Å². The van der Waals surface area contributed by atoms with Crippen molar-refractivity contribution in [2.45, 2.75) is 52.2 Å². The van der Waals surface area contributed by atoms with Gasteiger partial charge < -0.3 is 15.2 Å². The molecule has 2 unspecified atom stereocenters. The maximum Gasteiger partial charge on any atom is 0.109 e. The molecule has 1 rings (SSSR count). The summed E-state index contributed by atoms with van der Waals surface area (Å²) < 4.78 is 5.39. The minimum Gasteiger partial charge on any atom is -0.389 e. The van der Waals surface area contributed by atoms with Crippen molar-refractivity contribution in [1.29, 1.82) is 0 Å². The number of nitrogens with one attached hydrogen (secondary N) is 1. The van der Waals surface area contributed by atoms with E-state index >= 15 is 0 Å². The molecule has 2 N–H and O–H groups in total. The maximum atomic E-state index is 9.79. The fourth-order valence-electron chi connectivity index (χ4n) is 1.61. The highest BCUT2D eigenvalue weighted by atomic mass is 32.1. The van der Waals surface area contributed by atoms with Crippen LogP contribution in [0.5, 0.6) is 0 Å². The number of hydrogen-bond acceptors (Lipinski definition) is 5. The van der Waals surface area contributed by atoms with Crippen LogP contribution >= 0.6 is 11.3 Å². The molecule has 0 aliphatic rings. The van der Waals surface area contributed by atoms with Crippen molar-refractivity contribution in [3.8, 4) is 0 Å². The van der Waals surface area contributed by atoms with Crippen molar-refractivity contribution in [1.82, 2.24) is 10.3 Å². The van der Waals surface area contributed by atoms with Crippen LogP contribution in [0.2, 0.25) is 0 Å². The van der Waals surface area contributed by atoms with Crippen molar-refractivity contribution in [3.63, 3.8) is 0 Å². The zero-order chi connectivity index (χ0) is 14.1. The van der Waals surface area contributed by atoms with Crippen LogP contribution in [0, 0.1) is 0 Å². The Bertz CT molecular complexity index is 344. The molecule has 0 amide bonds. The molecule has 0 bridgehead atoms. The van der Waals surface area contributed by atoms with Gasteiger partial charge in [-0.15, -0.1) is 11.3 Å². The Morgan fingerprint density at radius 2 is 2.26 bits per heavy atom. The molecule has 1 aromatic rings. The number of thiazole rings is 1. The van der Waals surface area contributed by atoms with Crippen molar-refractivity contribution in [2.24, 2.45) is 0 Å². The Hall–Kier alpha value is -0.490. The van der Waals surface area contributed by atoms with E-state index in [4.69, 9.17) is 4.74 Å². The van der Waals surface area contributed by atoms with Gasteiger partial charge in [0.1, 0.15) is 5.01 Å². The molecule has 2 atom stereocenters. The first-order valence-corrected chi connectivity index (χ1v) is 7.92. The molecule has 0 aliphatic heterocycles. The van der Waals surface area contributed by atoms with Gasteiger partial charge in [-0.05, 0) is 19.8 Å². The number of unbranched alkanes of at least 4 members (excludes halogenated alkanes) is 1. The van der Waals surface area contributed by atoms with Crippen molar-refractivity contribution >= 4 is 11.3 Å². The molecule has 5 heteroatoms. The molecule has 0 fully saturated rings. The molecular weight excluding hydrogens is 260 g/mol. The summed E-state index contributed by atoms with van der Waals surface area (Å²) in [5, 5.41) is 14.2. The lowest BCUT2D eigenvalue weighted by Gasteiger charge is -2.15. The first-order valence-electron chi connectivity index (χ1n) is 7.11. The molecular formula is C14H26N2O2S. The summed E-state index contributed by atoms with van der Waals surface area (Å²) >= 11 is 1.73. The van der Waals surface area contributed by atoms with Gasteiger partial charge in [0.15, 0.2) is 0 Å². The van der Waals surface area contributed by atoms with Crippen LogP contribution in [0.3, 0.4) is 0 Å². The van der Waals surface area contributed by atoms with Gasteiger partial charge in [-0.25, -0.2) is 4.98 Å². The zero-order valence-corrected chi connectivity index (χ0v) is 13.0. The normalized spacial score (nSPS) is 14.5. The predicted molar refractivity (Wildman–Crippen MR) is 79.6 cm³/mol. The number of aliphatic hydroxyl groups is 1. The Kier molecular flexibility index (Phi) is 8.21. The second-order valence-corrected chi connectivity index (χ2v) is 5.88. The van der Waals surface area contributed by atoms with E-state index in [0.29, 0.717) is 13.2 Å². The van der Waals surface area contributed by atoms with Gasteiger partial charge in [0, 0.05) is 24.2 Å². The summed E-state index contributed by atoms with van der Waals surface area (Å²) in [4.78, 5) is 5.69. The Balaban J connectivity index is 2.20. The van der Waals surface area contributed by atoms with E-state index < -0.39 is 6.10 Å². The average molecular weight is 286 g/mol. The fraction of sp³-hybridized carbons (Fsp3) is 0.786. The van der Waals surface area contributed by atoms with E-state index in [9.17, 15) is 5.11 Å². The van der Waals surface area contributed by atoms with Gasteiger partial charge in [0.25, 0.3) is 0 Å². The van der Waals surface area contributed by atoms with Crippen molar-refractivity contribution in [3.05, 3.63) is 16.1 Å². The molecule has 0 aliphatic carbocycles. The third kappa shape index (κ3) is 6.47. The molecule has 0 aromatic carbocycles. The summed E-state index contributed by atoms with van der Waals surface area (Å²) in [5.41, 5.74) is 0. The third-order valence-corrected chi connectivity index (χ3v) is 4.23. The topological polar surface area (TPSA) is 54.4 Å². The van der Waals surface area contributed by atoms with Crippen LogP contribution in [-0.4, -0.2) is 36.0 Å². The Morgan fingerprint density at radius 3 is 2.89 bits per heavy atom. The second kappa shape index (κ2) is 9.42. The number of hydrogen-bond donors (Lipinski definition) is 2. The van der Waals surface area contributed by atoms with Crippen LogP contribution in [-0.2, 0) is 11.2 Å². The van der Waals surface area contributed by atoms with Crippen LogP contribution in [0.25, 0.3) is 0 Å². The molecule has 110 valence electrons. The van der Waals surface area contributed by atoms with Gasteiger partial charge in [-0.1, -0.05) is 20.3 Å². The van der Waals surface area contributed by atoms with E-state index in [2.05, 4.69) is 31.1 Å². The smallest absolute Gasteiger partial charge is 0.109 e. The summed E-state index contributed by atoms with van der Waals surface area (Å²) in [7, 11) is 0. The monoisotopic (exact) mass is 286 g/mol.